The summed E-state index contributed by atoms with van der Waals surface area (Å²) in [4.78, 5) is 26.6. The van der Waals surface area contributed by atoms with Gasteiger partial charge in [0.05, 0.1) is 22.1 Å². The lowest BCUT2D eigenvalue weighted by Gasteiger charge is -2.13. The van der Waals surface area contributed by atoms with Gasteiger partial charge >= 0.3 is 0 Å². The molecule has 6 nitrogen and oxygen atoms in total. The molecule has 0 radical (unpaired) electrons. The van der Waals surface area contributed by atoms with Crippen molar-refractivity contribution in [3.63, 3.8) is 0 Å². The molecule has 2 amide bonds. The first-order valence-electron chi connectivity index (χ1n) is 9.08. The smallest absolute Gasteiger partial charge is 0.293 e. The number of hydrogen-bond donors (Lipinski definition) is 0. The lowest BCUT2D eigenvalue weighted by atomic mass is 10.2. The summed E-state index contributed by atoms with van der Waals surface area (Å²) < 4.78 is 17.5. The number of imide groups is 1. The number of benzene rings is 2. The van der Waals surface area contributed by atoms with Crippen molar-refractivity contribution < 1.29 is 23.8 Å². The van der Waals surface area contributed by atoms with Gasteiger partial charge in [0.2, 0.25) is 0 Å². The summed E-state index contributed by atoms with van der Waals surface area (Å²) in [5.74, 6) is 1.52. The minimum Gasteiger partial charge on any atom is -0.493 e. The van der Waals surface area contributed by atoms with Crippen molar-refractivity contribution in [2.24, 2.45) is 0 Å². The zero-order valence-corrected chi connectivity index (χ0v) is 19.3. The number of carbonyl (C=O) groups is 2. The number of methoxy groups -OCH3 is 1. The zero-order valence-electron chi connectivity index (χ0n) is 16.3. The van der Waals surface area contributed by atoms with E-state index in [0.717, 1.165) is 20.9 Å². The van der Waals surface area contributed by atoms with Crippen LogP contribution in [0.15, 0.2) is 60.0 Å². The van der Waals surface area contributed by atoms with Crippen molar-refractivity contribution in [2.45, 2.75) is 0 Å². The van der Waals surface area contributed by atoms with Crippen molar-refractivity contribution in [3.8, 4) is 17.2 Å². The molecule has 1 saturated heterocycles. The van der Waals surface area contributed by atoms with Gasteiger partial charge in [-0.2, -0.15) is 0 Å². The number of hydrogen-bond acceptors (Lipinski definition) is 6. The molecule has 3 rings (SSSR count). The highest BCUT2D eigenvalue weighted by molar-refractivity contribution is 14.1. The number of halogens is 1. The third-order valence-corrected chi connectivity index (χ3v) is 5.80. The molecule has 8 heteroatoms. The molecule has 0 aliphatic carbocycles. The van der Waals surface area contributed by atoms with E-state index in [4.69, 9.17) is 14.2 Å². The highest BCUT2D eigenvalue weighted by Crippen LogP contribution is 2.37. The first kappa shape index (κ1) is 22.2. The van der Waals surface area contributed by atoms with Gasteiger partial charge in [-0.1, -0.05) is 30.9 Å². The minimum absolute atomic E-state index is 0.187. The Labute approximate surface area is 193 Å². The fourth-order valence-electron chi connectivity index (χ4n) is 2.72. The molecule has 0 bridgehead atoms. The summed E-state index contributed by atoms with van der Waals surface area (Å²) in [6.45, 7) is 4.42. The second-order valence-corrected chi connectivity index (χ2v) is 8.28. The molecule has 0 N–H and O–H groups in total. The van der Waals surface area contributed by atoms with Crippen molar-refractivity contribution >= 4 is 51.6 Å². The average Bonchev–Trinajstić information content (AvgIpc) is 3.00. The summed E-state index contributed by atoms with van der Waals surface area (Å²) in [6, 6.07) is 12.9. The van der Waals surface area contributed by atoms with Gasteiger partial charge in [0.15, 0.2) is 11.5 Å². The summed E-state index contributed by atoms with van der Waals surface area (Å²) in [5, 5.41) is -0.310. The lowest BCUT2D eigenvalue weighted by Crippen LogP contribution is -2.32. The van der Waals surface area contributed by atoms with Crippen LogP contribution in [-0.4, -0.2) is 42.9 Å². The molecule has 0 unspecified atom stereocenters. The predicted molar refractivity (Wildman–Crippen MR) is 126 cm³/mol. The van der Waals surface area contributed by atoms with Gasteiger partial charge < -0.3 is 14.2 Å². The maximum Gasteiger partial charge on any atom is 0.293 e. The third kappa shape index (κ3) is 5.37. The maximum atomic E-state index is 12.7. The number of carbonyl (C=O) groups excluding carboxylic acids is 2. The van der Waals surface area contributed by atoms with Crippen LogP contribution in [-0.2, 0) is 4.79 Å². The summed E-state index contributed by atoms with van der Waals surface area (Å²) in [7, 11) is 1.55. The minimum atomic E-state index is -0.331. The largest absolute Gasteiger partial charge is 0.493 e. The quantitative estimate of drug-likeness (QED) is 0.256. The highest BCUT2D eigenvalue weighted by Gasteiger charge is 2.34. The molecule has 156 valence electrons. The van der Waals surface area contributed by atoms with Crippen LogP contribution in [0.4, 0.5) is 4.79 Å². The SMILES string of the molecule is C=CCOc1c(I)cc(/C=C2\SC(=O)N(CCOc3ccccc3)C2=O)cc1OC. The van der Waals surface area contributed by atoms with Crippen LogP contribution in [0.2, 0.25) is 0 Å². The Balaban J connectivity index is 1.71. The first-order chi connectivity index (χ1) is 14.5. The standard InChI is InChI=1S/C22H20INO5S/c1-3-10-29-20-17(23)12-15(13-18(20)27-2)14-19-21(25)24(22(26)30-19)9-11-28-16-7-5-4-6-8-16/h3-8,12-14H,1,9-11H2,2H3/b19-14-. The van der Waals surface area contributed by atoms with Crippen molar-refractivity contribution in [1.82, 2.24) is 4.90 Å². The Morgan fingerprint density at radius 1 is 1.17 bits per heavy atom. The number of para-hydroxylation sites is 1. The summed E-state index contributed by atoms with van der Waals surface area (Å²) in [5.41, 5.74) is 0.744. The van der Waals surface area contributed by atoms with E-state index in [1.54, 1.807) is 25.3 Å². The molecule has 0 saturated carbocycles. The van der Waals surface area contributed by atoms with Gasteiger partial charge in [0, 0.05) is 0 Å². The number of ether oxygens (including phenoxy) is 3. The van der Waals surface area contributed by atoms with Gasteiger partial charge in [0.25, 0.3) is 11.1 Å². The molecule has 1 aliphatic rings. The average molecular weight is 537 g/mol. The van der Waals surface area contributed by atoms with E-state index in [1.807, 2.05) is 36.4 Å². The topological polar surface area (TPSA) is 65.1 Å². The van der Waals surface area contributed by atoms with Crippen molar-refractivity contribution in [1.29, 1.82) is 0 Å². The number of rotatable bonds is 9. The second-order valence-electron chi connectivity index (χ2n) is 6.13. The molecule has 1 fully saturated rings. The Morgan fingerprint density at radius 3 is 2.63 bits per heavy atom. The monoisotopic (exact) mass is 537 g/mol. The van der Waals surface area contributed by atoms with Crippen LogP contribution in [0.5, 0.6) is 17.2 Å². The van der Waals surface area contributed by atoms with E-state index in [9.17, 15) is 9.59 Å². The number of thioether (sulfide) groups is 1. The Morgan fingerprint density at radius 2 is 1.93 bits per heavy atom. The molecule has 0 aromatic heterocycles. The van der Waals surface area contributed by atoms with Crippen LogP contribution in [0.1, 0.15) is 5.56 Å². The van der Waals surface area contributed by atoms with Crippen molar-refractivity contribution in [2.75, 3.05) is 26.9 Å². The normalized spacial score (nSPS) is 14.9. The fourth-order valence-corrected chi connectivity index (χ4v) is 4.37. The molecule has 2 aromatic rings. The molecule has 30 heavy (non-hydrogen) atoms. The van der Waals surface area contributed by atoms with E-state index < -0.39 is 0 Å². The van der Waals surface area contributed by atoms with Crippen LogP contribution in [0.3, 0.4) is 0 Å². The molecule has 1 aliphatic heterocycles. The van der Waals surface area contributed by atoms with E-state index in [0.29, 0.717) is 28.8 Å². The predicted octanol–water partition coefficient (Wildman–Crippen LogP) is 4.98. The molecular weight excluding hydrogens is 517 g/mol. The molecule has 0 atom stereocenters. The van der Waals surface area contributed by atoms with Gasteiger partial charge in [-0.15, -0.1) is 0 Å². The van der Waals surface area contributed by atoms with Gasteiger partial charge in [0.1, 0.15) is 19.0 Å². The summed E-state index contributed by atoms with van der Waals surface area (Å²) in [6.07, 6.45) is 3.34. The van der Waals surface area contributed by atoms with E-state index in [1.165, 1.54) is 4.90 Å². The van der Waals surface area contributed by atoms with E-state index >= 15 is 0 Å². The summed E-state index contributed by atoms with van der Waals surface area (Å²) >= 11 is 3.06. The van der Waals surface area contributed by atoms with Gasteiger partial charge in [-0.25, -0.2) is 0 Å². The molecule has 2 aromatic carbocycles. The molecule has 1 heterocycles. The van der Waals surface area contributed by atoms with Crippen LogP contribution in [0, 0.1) is 3.57 Å². The Hall–Kier alpha value is -2.46. The van der Waals surface area contributed by atoms with Crippen LogP contribution < -0.4 is 14.2 Å². The lowest BCUT2D eigenvalue weighted by molar-refractivity contribution is -0.123. The van der Waals surface area contributed by atoms with E-state index in [2.05, 4.69) is 29.2 Å². The third-order valence-electron chi connectivity index (χ3n) is 4.10. The zero-order chi connectivity index (χ0) is 21.5. The van der Waals surface area contributed by atoms with Crippen LogP contribution in [0.25, 0.3) is 6.08 Å². The van der Waals surface area contributed by atoms with Crippen LogP contribution >= 0.6 is 34.4 Å². The van der Waals surface area contributed by atoms with E-state index in [-0.39, 0.29) is 24.3 Å². The molecule has 0 spiro atoms. The van der Waals surface area contributed by atoms with Crippen molar-refractivity contribution in [3.05, 3.63) is 69.2 Å². The number of amides is 2. The number of nitrogens with zero attached hydrogens (tertiary/aromatic N) is 1. The molecular formula is C22H20INO5S. The Kier molecular flexibility index (Phi) is 7.81. The van der Waals surface area contributed by atoms with Gasteiger partial charge in [-0.3, -0.25) is 14.5 Å². The highest BCUT2D eigenvalue weighted by atomic mass is 127. The maximum absolute atomic E-state index is 12.7. The first-order valence-corrected chi connectivity index (χ1v) is 11.0. The fraction of sp³-hybridized carbons (Fsp3) is 0.182. The Bertz CT molecular complexity index is 977. The van der Waals surface area contributed by atoms with Gasteiger partial charge in [-0.05, 0) is 70.3 Å². The second kappa shape index (κ2) is 10.5.